The van der Waals surface area contributed by atoms with E-state index in [1.807, 2.05) is 24.3 Å². The van der Waals surface area contributed by atoms with Gasteiger partial charge in [-0.25, -0.2) is 4.79 Å². The highest BCUT2D eigenvalue weighted by Crippen LogP contribution is 2.33. The molecule has 1 heterocycles. The number of carbonyl (C=O) groups excluding carboxylic acids is 1. The first-order valence-electron chi connectivity index (χ1n) is 4.90. The van der Waals surface area contributed by atoms with Gasteiger partial charge in [0.15, 0.2) is 0 Å². The quantitative estimate of drug-likeness (QED) is 0.783. The van der Waals surface area contributed by atoms with Crippen LogP contribution in [0.1, 0.15) is 18.1 Å². The summed E-state index contributed by atoms with van der Waals surface area (Å²) in [6.07, 6.45) is 1.68. The number of cyclic esters (lactones) is 1. The summed E-state index contributed by atoms with van der Waals surface area (Å²) in [5.41, 5.74) is 0.957. The summed E-state index contributed by atoms with van der Waals surface area (Å²) in [7, 11) is 1.56. The third-order valence-electron chi connectivity index (χ3n) is 2.44. The number of hydrogen-bond acceptors (Lipinski definition) is 3. The highest BCUT2D eigenvalue weighted by molar-refractivity contribution is 9.10. The molecule has 1 atom stereocenters. The standard InChI is InChI=1S/C12H11BrO3/c1-15-8-6-11(16-12(14)7-8)9-4-2-3-5-10(9)13/h2-5,7,11H,6H2,1H3. The highest BCUT2D eigenvalue weighted by Gasteiger charge is 2.25. The third kappa shape index (κ3) is 2.27. The summed E-state index contributed by atoms with van der Waals surface area (Å²) in [5, 5.41) is 0. The Balaban J connectivity index is 2.27. The minimum absolute atomic E-state index is 0.275. The predicted octanol–water partition coefficient (Wildman–Crippen LogP) is 2.97. The van der Waals surface area contributed by atoms with Gasteiger partial charge in [0.25, 0.3) is 0 Å². The summed E-state index contributed by atoms with van der Waals surface area (Å²) in [6.45, 7) is 0. The average molecular weight is 283 g/mol. The second-order valence-electron chi connectivity index (χ2n) is 3.47. The van der Waals surface area contributed by atoms with Crippen molar-refractivity contribution in [3.63, 3.8) is 0 Å². The zero-order chi connectivity index (χ0) is 11.5. The lowest BCUT2D eigenvalue weighted by atomic mass is 10.0. The number of methoxy groups -OCH3 is 1. The van der Waals surface area contributed by atoms with Gasteiger partial charge < -0.3 is 9.47 Å². The van der Waals surface area contributed by atoms with Crippen molar-refractivity contribution in [2.24, 2.45) is 0 Å². The number of rotatable bonds is 2. The van der Waals surface area contributed by atoms with E-state index < -0.39 is 0 Å². The molecule has 4 heteroatoms. The molecule has 0 spiro atoms. The number of benzene rings is 1. The van der Waals surface area contributed by atoms with E-state index in [1.165, 1.54) is 6.08 Å². The molecule has 0 fully saturated rings. The fourth-order valence-corrected chi connectivity index (χ4v) is 2.18. The molecule has 16 heavy (non-hydrogen) atoms. The molecule has 84 valence electrons. The van der Waals surface area contributed by atoms with Crippen molar-refractivity contribution in [2.75, 3.05) is 7.11 Å². The molecule has 0 bridgehead atoms. The van der Waals surface area contributed by atoms with Crippen LogP contribution in [0.15, 0.2) is 40.6 Å². The summed E-state index contributed by atoms with van der Waals surface area (Å²) < 4.78 is 11.3. The van der Waals surface area contributed by atoms with Crippen LogP contribution in [-0.2, 0) is 14.3 Å². The van der Waals surface area contributed by atoms with Crippen LogP contribution in [0.3, 0.4) is 0 Å². The first-order valence-corrected chi connectivity index (χ1v) is 5.69. The first-order chi connectivity index (χ1) is 7.70. The van der Waals surface area contributed by atoms with E-state index in [9.17, 15) is 4.79 Å². The zero-order valence-electron chi connectivity index (χ0n) is 8.77. The molecular formula is C12H11BrO3. The van der Waals surface area contributed by atoms with Crippen LogP contribution in [0.25, 0.3) is 0 Å². The fourth-order valence-electron chi connectivity index (χ4n) is 1.64. The Morgan fingerprint density at radius 3 is 2.88 bits per heavy atom. The molecule has 1 aliphatic heterocycles. The van der Waals surface area contributed by atoms with Gasteiger partial charge in [-0.05, 0) is 6.07 Å². The normalized spacial score (nSPS) is 20.0. The van der Waals surface area contributed by atoms with E-state index in [4.69, 9.17) is 9.47 Å². The van der Waals surface area contributed by atoms with Gasteiger partial charge in [-0.1, -0.05) is 34.1 Å². The third-order valence-corrected chi connectivity index (χ3v) is 3.16. The van der Waals surface area contributed by atoms with Crippen molar-refractivity contribution in [3.8, 4) is 0 Å². The van der Waals surface area contributed by atoms with Crippen LogP contribution >= 0.6 is 15.9 Å². The van der Waals surface area contributed by atoms with Crippen LogP contribution in [0, 0.1) is 0 Å². The minimum Gasteiger partial charge on any atom is -0.501 e. The van der Waals surface area contributed by atoms with Gasteiger partial charge in [-0.15, -0.1) is 0 Å². The number of carbonyl (C=O) groups is 1. The lowest BCUT2D eigenvalue weighted by Gasteiger charge is -2.23. The number of hydrogen-bond donors (Lipinski definition) is 0. The van der Waals surface area contributed by atoms with Gasteiger partial charge in [-0.3, -0.25) is 0 Å². The monoisotopic (exact) mass is 282 g/mol. The van der Waals surface area contributed by atoms with Crippen LogP contribution in [0.5, 0.6) is 0 Å². The topological polar surface area (TPSA) is 35.5 Å². The van der Waals surface area contributed by atoms with Crippen molar-refractivity contribution >= 4 is 21.9 Å². The van der Waals surface area contributed by atoms with E-state index in [-0.39, 0.29) is 12.1 Å². The molecule has 1 unspecified atom stereocenters. The molecule has 2 rings (SSSR count). The molecule has 0 aliphatic carbocycles. The molecule has 0 amide bonds. The van der Waals surface area contributed by atoms with E-state index in [0.29, 0.717) is 12.2 Å². The van der Waals surface area contributed by atoms with Crippen molar-refractivity contribution < 1.29 is 14.3 Å². The Morgan fingerprint density at radius 2 is 2.19 bits per heavy atom. The summed E-state index contributed by atoms with van der Waals surface area (Å²) in [6, 6.07) is 7.69. The summed E-state index contributed by atoms with van der Waals surface area (Å²) in [4.78, 5) is 11.3. The lowest BCUT2D eigenvalue weighted by molar-refractivity contribution is -0.145. The van der Waals surface area contributed by atoms with Gasteiger partial charge >= 0.3 is 5.97 Å². The Kier molecular flexibility index (Phi) is 3.29. The van der Waals surface area contributed by atoms with Crippen molar-refractivity contribution in [1.29, 1.82) is 0 Å². The Hall–Kier alpha value is -1.29. The van der Waals surface area contributed by atoms with Crippen LogP contribution in [0.4, 0.5) is 0 Å². The first kappa shape index (κ1) is 11.2. The Morgan fingerprint density at radius 1 is 1.44 bits per heavy atom. The lowest BCUT2D eigenvalue weighted by Crippen LogP contribution is -2.17. The molecule has 1 aliphatic rings. The maximum absolute atomic E-state index is 11.3. The van der Waals surface area contributed by atoms with Crippen LogP contribution in [0.2, 0.25) is 0 Å². The van der Waals surface area contributed by atoms with Crippen molar-refractivity contribution in [3.05, 3.63) is 46.1 Å². The molecule has 0 saturated carbocycles. The fraction of sp³-hybridized carbons (Fsp3) is 0.250. The number of ether oxygens (including phenoxy) is 2. The second-order valence-corrected chi connectivity index (χ2v) is 4.32. The Labute approximate surface area is 102 Å². The smallest absolute Gasteiger partial charge is 0.334 e. The molecule has 0 radical (unpaired) electrons. The van der Waals surface area contributed by atoms with Gasteiger partial charge in [0.1, 0.15) is 11.9 Å². The van der Waals surface area contributed by atoms with Crippen LogP contribution < -0.4 is 0 Å². The van der Waals surface area contributed by atoms with E-state index in [0.717, 1.165) is 10.0 Å². The molecule has 0 N–H and O–H groups in total. The molecule has 1 aromatic rings. The largest absolute Gasteiger partial charge is 0.501 e. The van der Waals surface area contributed by atoms with Gasteiger partial charge in [-0.2, -0.15) is 0 Å². The van der Waals surface area contributed by atoms with Gasteiger partial charge in [0.2, 0.25) is 0 Å². The molecule has 1 aromatic carbocycles. The van der Waals surface area contributed by atoms with E-state index in [1.54, 1.807) is 7.11 Å². The molecule has 0 saturated heterocycles. The summed E-state index contributed by atoms with van der Waals surface area (Å²) in [5.74, 6) is 0.292. The molecule has 3 nitrogen and oxygen atoms in total. The second kappa shape index (κ2) is 4.70. The van der Waals surface area contributed by atoms with Gasteiger partial charge in [0.05, 0.1) is 13.2 Å². The Bertz CT molecular complexity index is 440. The maximum atomic E-state index is 11.3. The minimum atomic E-state index is -0.358. The summed E-state index contributed by atoms with van der Waals surface area (Å²) >= 11 is 3.44. The van der Waals surface area contributed by atoms with E-state index >= 15 is 0 Å². The zero-order valence-corrected chi connectivity index (χ0v) is 10.4. The number of halogens is 1. The predicted molar refractivity (Wildman–Crippen MR) is 62.7 cm³/mol. The van der Waals surface area contributed by atoms with Gasteiger partial charge in [0, 0.05) is 16.5 Å². The molecular weight excluding hydrogens is 272 g/mol. The highest BCUT2D eigenvalue weighted by atomic mass is 79.9. The maximum Gasteiger partial charge on any atom is 0.334 e. The molecule has 0 aromatic heterocycles. The van der Waals surface area contributed by atoms with Crippen molar-refractivity contribution in [1.82, 2.24) is 0 Å². The SMILES string of the molecule is COC1=CC(=O)OC(c2ccccc2Br)C1. The average Bonchev–Trinajstić information content (AvgIpc) is 2.28. The van der Waals surface area contributed by atoms with E-state index in [2.05, 4.69) is 15.9 Å². The number of esters is 1. The van der Waals surface area contributed by atoms with Crippen LogP contribution in [-0.4, -0.2) is 13.1 Å². The van der Waals surface area contributed by atoms with Crippen molar-refractivity contribution in [2.45, 2.75) is 12.5 Å².